The van der Waals surface area contributed by atoms with Crippen LogP contribution in [0.15, 0.2) is 60.8 Å². The first-order chi connectivity index (χ1) is 12.2. The molecule has 1 amide bonds. The van der Waals surface area contributed by atoms with Gasteiger partial charge in [-0.2, -0.15) is 5.10 Å². The maximum Gasteiger partial charge on any atom is 0.273 e. The monoisotopic (exact) mass is 331 g/mol. The van der Waals surface area contributed by atoms with E-state index in [2.05, 4.69) is 20.4 Å². The van der Waals surface area contributed by atoms with Gasteiger partial charge in [0.25, 0.3) is 5.91 Å². The molecular formula is C19H17N5O. The Hall–Kier alpha value is -3.41. The molecule has 6 nitrogen and oxygen atoms in total. The van der Waals surface area contributed by atoms with Gasteiger partial charge in [-0.05, 0) is 49.4 Å². The van der Waals surface area contributed by atoms with Crippen LogP contribution in [-0.4, -0.2) is 25.7 Å². The Bertz CT molecular complexity index is 996. The van der Waals surface area contributed by atoms with Crippen LogP contribution in [0.5, 0.6) is 0 Å². The fraction of sp³-hybridized carbons (Fsp3) is 0.105. The van der Waals surface area contributed by atoms with E-state index in [0.29, 0.717) is 12.2 Å². The third kappa shape index (κ3) is 2.89. The number of nitrogens with zero attached hydrogens (tertiary/aromatic N) is 3. The number of benzene rings is 2. The maximum absolute atomic E-state index is 12.3. The van der Waals surface area contributed by atoms with E-state index in [-0.39, 0.29) is 5.91 Å². The standard InChI is InChI=1S/C19H17N5O/c1-2-24-17(11-12-20-24)19(25)21-14-9-7-13(8-10-14)18-22-15-5-3-4-6-16(15)23-18/h3-12H,2H2,1H3,(H,21,25)(H,22,23). The second-order valence-electron chi connectivity index (χ2n) is 5.67. The predicted octanol–water partition coefficient (Wildman–Crippen LogP) is 3.70. The average Bonchev–Trinajstić information content (AvgIpc) is 3.28. The van der Waals surface area contributed by atoms with Crippen molar-refractivity contribution in [1.29, 1.82) is 0 Å². The Balaban J connectivity index is 1.54. The number of aromatic amines is 1. The summed E-state index contributed by atoms with van der Waals surface area (Å²) >= 11 is 0. The molecule has 0 saturated heterocycles. The number of amides is 1. The number of aromatic nitrogens is 4. The van der Waals surface area contributed by atoms with E-state index < -0.39 is 0 Å². The van der Waals surface area contributed by atoms with Gasteiger partial charge in [0.1, 0.15) is 11.5 Å². The smallest absolute Gasteiger partial charge is 0.273 e. The van der Waals surface area contributed by atoms with E-state index in [1.807, 2.05) is 55.5 Å². The van der Waals surface area contributed by atoms with E-state index in [1.54, 1.807) is 16.9 Å². The van der Waals surface area contributed by atoms with E-state index in [9.17, 15) is 4.79 Å². The Kier molecular flexibility index (Phi) is 3.78. The number of para-hydroxylation sites is 2. The summed E-state index contributed by atoms with van der Waals surface area (Å²) < 4.78 is 1.66. The van der Waals surface area contributed by atoms with Crippen molar-refractivity contribution < 1.29 is 4.79 Å². The minimum atomic E-state index is -0.171. The number of hydrogen-bond acceptors (Lipinski definition) is 3. The number of imidazole rings is 1. The molecule has 0 aliphatic rings. The fourth-order valence-corrected chi connectivity index (χ4v) is 2.77. The van der Waals surface area contributed by atoms with E-state index in [1.165, 1.54) is 0 Å². The lowest BCUT2D eigenvalue weighted by atomic mass is 10.2. The largest absolute Gasteiger partial charge is 0.338 e. The van der Waals surface area contributed by atoms with Crippen molar-refractivity contribution in [3.8, 4) is 11.4 Å². The summed E-state index contributed by atoms with van der Waals surface area (Å²) in [5.41, 5.74) is 4.18. The Morgan fingerprint density at radius 2 is 1.92 bits per heavy atom. The summed E-state index contributed by atoms with van der Waals surface area (Å²) in [6, 6.07) is 17.2. The first kappa shape index (κ1) is 15.1. The lowest BCUT2D eigenvalue weighted by Gasteiger charge is -2.07. The molecule has 0 unspecified atom stereocenters. The van der Waals surface area contributed by atoms with Gasteiger partial charge < -0.3 is 10.3 Å². The third-order valence-corrected chi connectivity index (χ3v) is 4.05. The number of nitrogens with one attached hydrogen (secondary N) is 2. The highest BCUT2D eigenvalue weighted by molar-refractivity contribution is 6.03. The lowest BCUT2D eigenvalue weighted by Crippen LogP contribution is -2.17. The van der Waals surface area contributed by atoms with Gasteiger partial charge in [-0.3, -0.25) is 9.48 Å². The molecule has 0 aliphatic heterocycles. The summed E-state index contributed by atoms with van der Waals surface area (Å²) in [7, 11) is 0. The molecule has 25 heavy (non-hydrogen) atoms. The number of hydrogen-bond donors (Lipinski definition) is 2. The second-order valence-corrected chi connectivity index (χ2v) is 5.67. The van der Waals surface area contributed by atoms with Crippen LogP contribution in [0.2, 0.25) is 0 Å². The van der Waals surface area contributed by atoms with Crippen LogP contribution in [0.4, 0.5) is 5.69 Å². The quantitative estimate of drug-likeness (QED) is 0.599. The molecule has 4 rings (SSSR count). The average molecular weight is 331 g/mol. The van der Waals surface area contributed by atoms with Crippen LogP contribution < -0.4 is 5.32 Å². The summed E-state index contributed by atoms with van der Waals surface area (Å²) in [5.74, 6) is 0.638. The summed E-state index contributed by atoms with van der Waals surface area (Å²) in [6.45, 7) is 2.60. The zero-order valence-corrected chi connectivity index (χ0v) is 13.7. The zero-order chi connectivity index (χ0) is 17.2. The molecule has 0 atom stereocenters. The molecule has 0 fully saturated rings. The number of rotatable bonds is 4. The van der Waals surface area contributed by atoms with Crippen molar-refractivity contribution in [2.24, 2.45) is 0 Å². The number of aryl methyl sites for hydroxylation is 1. The van der Waals surface area contributed by atoms with Gasteiger partial charge in [0, 0.05) is 24.0 Å². The lowest BCUT2D eigenvalue weighted by molar-refractivity contribution is 0.101. The van der Waals surface area contributed by atoms with E-state index >= 15 is 0 Å². The predicted molar refractivity (Wildman–Crippen MR) is 97.4 cm³/mol. The van der Waals surface area contributed by atoms with Gasteiger partial charge in [-0.25, -0.2) is 4.98 Å². The van der Waals surface area contributed by atoms with Crippen molar-refractivity contribution in [3.63, 3.8) is 0 Å². The first-order valence-corrected chi connectivity index (χ1v) is 8.13. The van der Waals surface area contributed by atoms with Gasteiger partial charge in [-0.1, -0.05) is 12.1 Å². The van der Waals surface area contributed by atoms with Crippen LogP contribution in [0, 0.1) is 0 Å². The van der Waals surface area contributed by atoms with Crippen LogP contribution in [0.3, 0.4) is 0 Å². The molecule has 6 heteroatoms. The SMILES string of the molecule is CCn1nccc1C(=O)Nc1ccc(-c2nc3ccccc3[nH]2)cc1. The van der Waals surface area contributed by atoms with Crippen molar-refractivity contribution >= 4 is 22.6 Å². The van der Waals surface area contributed by atoms with E-state index in [4.69, 9.17) is 0 Å². The van der Waals surface area contributed by atoms with Crippen molar-refractivity contribution in [1.82, 2.24) is 19.7 Å². The maximum atomic E-state index is 12.3. The van der Waals surface area contributed by atoms with Crippen LogP contribution in [0.1, 0.15) is 17.4 Å². The van der Waals surface area contributed by atoms with Gasteiger partial charge >= 0.3 is 0 Å². The highest BCUT2D eigenvalue weighted by atomic mass is 16.2. The Morgan fingerprint density at radius 1 is 1.12 bits per heavy atom. The van der Waals surface area contributed by atoms with Crippen LogP contribution in [0.25, 0.3) is 22.4 Å². The minimum Gasteiger partial charge on any atom is -0.338 e. The fourth-order valence-electron chi connectivity index (χ4n) is 2.77. The molecule has 0 radical (unpaired) electrons. The molecular weight excluding hydrogens is 314 g/mol. The van der Waals surface area contributed by atoms with Gasteiger partial charge in [0.15, 0.2) is 0 Å². The molecule has 2 aromatic heterocycles. The van der Waals surface area contributed by atoms with Crippen molar-refractivity contribution in [2.75, 3.05) is 5.32 Å². The second kappa shape index (κ2) is 6.24. The molecule has 2 N–H and O–H groups in total. The molecule has 0 bridgehead atoms. The third-order valence-electron chi connectivity index (χ3n) is 4.05. The molecule has 0 aliphatic carbocycles. The molecule has 4 aromatic rings. The molecule has 2 aromatic carbocycles. The Morgan fingerprint density at radius 3 is 2.68 bits per heavy atom. The summed E-state index contributed by atoms with van der Waals surface area (Å²) in [6.07, 6.45) is 1.63. The molecule has 0 spiro atoms. The topological polar surface area (TPSA) is 75.6 Å². The highest BCUT2D eigenvalue weighted by Gasteiger charge is 2.11. The van der Waals surface area contributed by atoms with Crippen molar-refractivity contribution in [2.45, 2.75) is 13.5 Å². The van der Waals surface area contributed by atoms with Gasteiger partial charge in [0.2, 0.25) is 0 Å². The Labute approximate surface area is 144 Å². The summed E-state index contributed by atoms with van der Waals surface area (Å²) in [5, 5.41) is 7.01. The van der Waals surface area contributed by atoms with Crippen LogP contribution in [-0.2, 0) is 6.54 Å². The summed E-state index contributed by atoms with van der Waals surface area (Å²) in [4.78, 5) is 20.2. The number of fused-ring (bicyclic) bond motifs is 1. The molecule has 2 heterocycles. The van der Waals surface area contributed by atoms with E-state index in [0.717, 1.165) is 28.1 Å². The van der Waals surface area contributed by atoms with Gasteiger partial charge in [0.05, 0.1) is 11.0 Å². The van der Waals surface area contributed by atoms with Crippen molar-refractivity contribution in [3.05, 3.63) is 66.5 Å². The molecule has 0 saturated carbocycles. The molecule has 124 valence electrons. The van der Waals surface area contributed by atoms with Crippen LogP contribution >= 0.6 is 0 Å². The number of carbonyl (C=O) groups is 1. The normalized spacial score (nSPS) is 10.9. The number of anilines is 1. The van der Waals surface area contributed by atoms with Gasteiger partial charge in [-0.15, -0.1) is 0 Å². The number of H-pyrrole nitrogens is 1. The highest BCUT2D eigenvalue weighted by Crippen LogP contribution is 2.22. The first-order valence-electron chi connectivity index (χ1n) is 8.13. The number of carbonyl (C=O) groups excluding carboxylic acids is 1. The zero-order valence-electron chi connectivity index (χ0n) is 13.7. The minimum absolute atomic E-state index is 0.171.